The first kappa shape index (κ1) is 16.3. The lowest BCUT2D eigenvalue weighted by Gasteiger charge is -2.10. The molecule has 0 fully saturated rings. The second kappa shape index (κ2) is 6.80. The van der Waals surface area contributed by atoms with Gasteiger partial charge in [-0.15, -0.1) is 10.2 Å². The van der Waals surface area contributed by atoms with E-state index in [9.17, 15) is 4.79 Å². The second-order valence-corrected chi connectivity index (χ2v) is 8.08. The number of hydrogen-bond donors (Lipinski definition) is 1. The zero-order chi connectivity index (χ0) is 15.6. The fourth-order valence-electron chi connectivity index (χ4n) is 1.71. The fraction of sp³-hybridized carbons (Fsp3) is 0.500. The van der Waals surface area contributed by atoms with Gasteiger partial charge in [0.1, 0.15) is 0 Å². The summed E-state index contributed by atoms with van der Waals surface area (Å²) in [5.74, 6) is -0.0555. The standard InChI is InChI=1S/C12H17N5OS3/c1-6-9(7(2)17(4)16-6)13-10(18)8(3)20-12-15-14-11(19-5)21-12/h8H,1-5H3,(H,13,18)/t8-/m0/s1. The van der Waals surface area contributed by atoms with Crippen LogP contribution in [0, 0.1) is 13.8 Å². The third-order valence-corrected chi connectivity index (χ3v) is 6.05. The predicted molar refractivity (Wildman–Crippen MR) is 88.3 cm³/mol. The van der Waals surface area contributed by atoms with E-state index >= 15 is 0 Å². The fourth-order valence-corrected chi connectivity index (χ4v) is 4.29. The minimum atomic E-state index is -0.244. The van der Waals surface area contributed by atoms with Gasteiger partial charge in [-0.3, -0.25) is 9.48 Å². The molecule has 0 aliphatic rings. The molecule has 0 radical (unpaired) electrons. The van der Waals surface area contributed by atoms with Gasteiger partial charge in [0, 0.05) is 7.05 Å². The average molecular weight is 344 g/mol. The molecule has 0 saturated carbocycles. The molecule has 21 heavy (non-hydrogen) atoms. The Morgan fingerprint density at radius 3 is 2.52 bits per heavy atom. The van der Waals surface area contributed by atoms with Crippen molar-refractivity contribution in [3.05, 3.63) is 11.4 Å². The molecular weight excluding hydrogens is 326 g/mol. The Balaban J connectivity index is 2.02. The van der Waals surface area contributed by atoms with Crippen molar-refractivity contribution in [3.63, 3.8) is 0 Å². The van der Waals surface area contributed by atoms with Crippen molar-refractivity contribution in [1.29, 1.82) is 0 Å². The van der Waals surface area contributed by atoms with Crippen LogP contribution >= 0.6 is 34.9 Å². The molecule has 0 aromatic carbocycles. The number of aryl methyl sites for hydroxylation is 2. The van der Waals surface area contributed by atoms with Gasteiger partial charge in [-0.05, 0) is 27.0 Å². The third kappa shape index (κ3) is 3.78. The number of anilines is 1. The molecule has 2 aromatic heterocycles. The molecule has 1 N–H and O–H groups in total. The number of thioether (sulfide) groups is 2. The van der Waals surface area contributed by atoms with Gasteiger partial charge in [0.05, 0.1) is 22.3 Å². The number of rotatable bonds is 5. The Hall–Kier alpha value is -1.06. The quantitative estimate of drug-likeness (QED) is 0.842. The molecular formula is C12H17N5OS3. The normalized spacial score (nSPS) is 12.4. The molecule has 1 amide bonds. The highest BCUT2D eigenvalue weighted by atomic mass is 32.2. The molecule has 0 aliphatic carbocycles. The summed E-state index contributed by atoms with van der Waals surface area (Å²) < 4.78 is 3.48. The summed E-state index contributed by atoms with van der Waals surface area (Å²) >= 11 is 4.47. The van der Waals surface area contributed by atoms with Gasteiger partial charge in [-0.2, -0.15) is 5.10 Å². The molecule has 2 rings (SSSR count). The smallest absolute Gasteiger partial charge is 0.237 e. The highest BCUT2D eigenvalue weighted by molar-refractivity contribution is 8.03. The van der Waals surface area contributed by atoms with E-state index in [0.717, 1.165) is 25.8 Å². The number of hydrogen-bond acceptors (Lipinski definition) is 7. The first-order chi connectivity index (χ1) is 9.92. The van der Waals surface area contributed by atoms with Crippen molar-refractivity contribution in [1.82, 2.24) is 20.0 Å². The van der Waals surface area contributed by atoms with Crippen molar-refractivity contribution < 1.29 is 4.79 Å². The monoisotopic (exact) mass is 343 g/mol. The van der Waals surface area contributed by atoms with E-state index in [-0.39, 0.29) is 11.2 Å². The molecule has 1 atom stereocenters. The summed E-state index contributed by atoms with van der Waals surface area (Å²) in [6.07, 6.45) is 1.96. The average Bonchev–Trinajstić information content (AvgIpc) is 2.99. The number of carbonyl (C=O) groups is 1. The molecule has 0 spiro atoms. The van der Waals surface area contributed by atoms with Gasteiger partial charge in [-0.1, -0.05) is 34.9 Å². The second-order valence-electron chi connectivity index (χ2n) is 4.46. The van der Waals surface area contributed by atoms with Crippen LogP contribution in [0.4, 0.5) is 5.69 Å². The Kier molecular flexibility index (Phi) is 5.28. The molecule has 9 heteroatoms. The first-order valence-electron chi connectivity index (χ1n) is 6.27. The van der Waals surface area contributed by atoms with E-state index in [1.807, 2.05) is 34.1 Å². The van der Waals surface area contributed by atoms with Gasteiger partial charge >= 0.3 is 0 Å². The minimum absolute atomic E-state index is 0.0555. The number of nitrogens with zero attached hydrogens (tertiary/aromatic N) is 4. The summed E-state index contributed by atoms with van der Waals surface area (Å²) in [7, 11) is 1.86. The summed E-state index contributed by atoms with van der Waals surface area (Å²) in [5, 5.41) is 15.1. The van der Waals surface area contributed by atoms with Crippen LogP contribution in [0.1, 0.15) is 18.3 Å². The highest BCUT2D eigenvalue weighted by Gasteiger charge is 2.20. The maximum atomic E-state index is 12.3. The topological polar surface area (TPSA) is 72.7 Å². The van der Waals surface area contributed by atoms with Gasteiger partial charge < -0.3 is 5.32 Å². The Morgan fingerprint density at radius 2 is 2.00 bits per heavy atom. The van der Waals surface area contributed by atoms with E-state index in [1.165, 1.54) is 23.1 Å². The molecule has 114 valence electrons. The molecule has 6 nitrogen and oxygen atoms in total. The van der Waals surface area contributed by atoms with Crippen LogP contribution in [-0.2, 0) is 11.8 Å². The van der Waals surface area contributed by atoms with E-state index in [0.29, 0.717) is 0 Å². The molecule has 0 aliphatic heterocycles. The first-order valence-corrected chi connectivity index (χ1v) is 9.19. The number of aromatic nitrogens is 4. The minimum Gasteiger partial charge on any atom is -0.322 e. The van der Waals surface area contributed by atoms with Crippen molar-refractivity contribution in [3.8, 4) is 0 Å². The van der Waals surface area contributed by atoms with E-state index in [4.69, 9.17) is 0 Å². The van der Waals surface area contributed by atoms with Crippen LogP contribution in [0.2, 0.25) is 0 Å². The third-order valence-electron chi connectivity index (χ3n) is 2.97. The molecule has 0 saturated heterocycles. The maximum absolute atomic E-state index is 12.3. The zero-order valence-corrected chi connectivity index (χ0v) is 14.9. The molecule has 2 aromatic rings. The van der Waals surface area contributed by atoms with Gasteiger partial charge in [-0.25, -0.2) is 0 Å². The summed E-state index contributed by atoms with van der Waals surface area (Å²) in [5.41, 5.74) is 2.55. The van der Waals surface area contributed by atoms with Crippen molar-refractivity contribution >= 4 is 46.5 Å². The summed E-state index contributed by atoms with van der Waals surface area (Å²) in [6, 6.07) is 0. The molecule has 0 unspecified atom stereocenters. The van der Waals surface area contributed by atoms with E-state index < -0.39 is 0 Å². The molecule has 0 bridgehead atoms. The molecule has 2 heterocycles. The Labute approximate surface area is 136 Å². The van der Waals surface area contributed by atoms with Crippen molar-refractivity contribution in [2.45, 2.75) is 34.7 Å². The number of carbonyl (C=O) groups excluding carboxylic acids is 1. The van der Waals surface area contributed by atoms with Crippen LogP contribution in [0.25, 0.3) is 0 Å². The Bertz CT molecular complexity index is 651. The van der Waals surface area contributed by atoms with Crippen LogP contribution in [0.3, 0.4) is 0 Å². The summed E-state index contributed by atoms with van der Waals surface area (Å²) in [4.78, 5) is 12.3. The largest absolute Gasteiger partial charge is 0.322 e. The van der Waals surface area contributed by atoms with Crippen LogP contribution in [0.5, 0.6) is 0 Å². The Morgan fingerprint density at radius 1 is 1.33 bits per heavy atom. The van der Waals surface area contributed by atoms with E-state index in [1.54, 1.807) is 16.4 Å². The number of nitrogens with one attached hydrogen (secondary N) is 1. The maximum Gasteiger partial charge on any atom is 0.237 e. The lowest BCUT2D eigenvalue weighted by molar-refractivity contribution is -0.115. The van der Waals surface area contributed by atoms with Gasteiger partial charge in [0.2, 0.25) is 5.91 Å². The van der Waals surface area contributed by atoms with Crippen LogP contribution in [-0.4, -0.2) is 37.4 Å². The lowest BCUT2D eigenvalue weighted by Crippen LogP contribution is -2.23. The predicted octanol–water partition coefficient (Wildman–Crippen LogP) is 2.73. The SMILES string of the molecule is CSc1nnc(S[C@@H](C)C(=O)Nc2c(C)nn(C)c2C)s1. The zero-order valence-electron chi connectivity index (χ0n) is 12.5. The van der Waals surface area contributed by atoms with Gasteiger partial charge in [0.15, 0.2) is 8.68 Å². The van der Waals surface area contributed by atoms with Crippen molar-refractivity contribution in [2.24, 2.45) is 7.05 Å². The summed E-state index contributed by atoms with van der Waals surface area (Å²) in [6.45, 7) is 5.68. The highest BCUT2D eigenvalue weighted by Crippen LogP contribution is 2.31. The van der Waals surface area contributed by atoms with Crippen LogP contribution in [0.15, 0.2) is 8.68 Å². The number of amides is 1. The van der Waals surface area contributed by atoms with Crippen molar-refractivity contribution in [2.75, 3.05) is 11.6 Å². The van der Waals surface area contributed by atoms with E-state index in [2.05, 4.69) is 20.6 Å². The van der Waals surface area contributed by atoms with Gasteiger partial charge in [0.25, 0.3) is 0 Å². The van der Waals surface area contributed by atoms with Crippen LogP contribution < -0.4 is 5.32 Å². The lowest BCUT2D eigenvalue weighted by atomic mass is 10.3.